The highest BCUT2D eigenvalue weighted by Crippen LogP contribution is 2.22. The van der Waals surface area contributed by atoms with Gasteiger partial charge in [-0.15, -0.1) is 0 Å². The second-order valence-corrected chi connectivity index (χ2v) is 19.1. The van der Waals surface area contributed by atoms with Gasteiger partial charge in [-0.2, -0.15) is 0 Å². The van der Waals surface area contributed by atoms with Crippen LogP contribution in [-0.2, 0) is 45.4 Å². The van der Waals surface area contributed by atoms with Gasteiger partial charge in [0.05, 0.1) is 24.2 Å². The number of hydrogen-bond donors (Lipinski definition) is 8. The SMILES string of the molecule is CC(C)C1NCc2cccc(c2)CNC(C(C)C)C(=O)N[C@@H]2CCCC[C@H]2NC(=O)C(C(C)C)NCc2cccc(c2)CNC(C(C)C)C(=O)N[C@@H]2CCCC[C@H]2NC1=O. The fourth-order valence-electron chi connectivity index (χ4n) is 9.18. The van der Waals surface area contributed by atoms with E-state index in [2.05, 4.69) is 134 Å². The van der Waals surface area contributed by atoms with Crippen LogP contribution < -0.4 is 42.5 Å². The highest BCUT2D eigenvalue weighted by Gasteiger charge is 2.35. The second-order valence-electron chi connectivity index (χ2n) is 19.1. The zero-order valence-corrected chi connectivity index (χ0v) is 37.7. The molecule has 2 fully saturated rings. The number of carbonyl (C=O) groups is 4. The smallest absolute Gasteiger partial charge is 0.237 e. The third-order valence-electron chi connectivity index (χ3n) is 12.7. The Labute approximate surface area is 360 Å². The van der Waals surface area contributed by atoms with Crippen LogP contribution in [0.1, 0.15) is 129 Å². The van der Waals surface area contributed by atoms with E-state index in [0.29, 0.717) is 26.2 Å². The Kier molecular flexibility index (Phi) is 18.0. The monoisotopic (exact) mass is 829 g/mol. The zero-order chi connectivity index (χ0) is 43.3. The third-order valence-corrected chi connectivity index (χ3v) is 12.7. The van der Waals surface area contributed by atoms with Crippen LogP contribution in [0.25, 0.3) is 0 Å². The summed E-state index contributed by atoms with van der Waals surface area (Å²) in [6.07, 6.45) is 7.24. The van der Waals surface area contributed by atoms with Gasteiger partial charge >= 0.3 is 0 Å². The second kappa shape index (κ2) is 22.8. The number of amides is 4. The molecule has 1 heterocycles. The molecule has 8 N–H and O–H groups in total. The molecule has 2 aromatic carbocycles. The van der Waals surface area contributed by atoms with Crippen molar-refractivity contribution in [1.82, 2.24) is 42.5 Å². The van der Waals surface area contributed by atoms with Gasteiger partial charge < -0.3 is 42.5 Å². The molecular formula is C48H76N8O4. The first-order valence-corrected chi connectivity index (χ1v) is 23.0. The average Bonchev–Trinajstić information content (AvgIpc) is 3.19. The van der Waals surface area contributed by atoms with Crippen LogP contribution in [0.3, 0.4) is 0 Å². The summed E-state index contributed by atoms with van der Waals surface area (Å²) in [5.41, 5.74) is 4.20. The molecule has 12 heteroatoms. The van der Waals surface area contributed by atoms with Crippen LogP contribution in [0, 0.1) is 23.7 Å². The fourth-order valence-corrected chi connectivity index (χ4v) is 9.18. The molecule has 4 unspecified atom stereocenters. The van der Waals surface area contributed by atoms with Crippen molar-refractivity contribution in [2.75, 3.05) is 0 Å². The first-order valence-electron chi connectivity index (χ1n) is 23.0. The summed E-state index contributed by atoms with van der Waals surface area (Å²) in [6.45, 7) is 18.5. The van der Waals surface area contributed by atoms with Gasteiger partial charge in [0.25, 0.3) is 0 Å². The van der Waals surface area contributed by atoms with E-state index in [1.165, 1.54) is 0 Å². The lowest BCUT2D eigenvalue weighted by Crippen LogP contribution is -2.59. The quantitative estimate of drug-likeness (QED) is 0.215. The molecule has 2 aliphatic carbocycles. The molecule has 332 valence electrons. The molecule has 12 nitrogen and oxygen atoms in total. The van der Waals surface area contributed by atoms with Gasteiger partial charge in [0.1, 0.15) is 0 Å². The van der Waals surface area contributed by atoms with Crippen molar-refractivity contribution in [2.45, 2.75) is 181 Å². The van der Waals surface area contributed by atoms with Gasteiger partial charge in [0.2, 0.25) is 23.6 Å². The highest BCUT2D eigenvalue weighted by atomic mass is 16.2. The van der Waals surface area contributed by atoms with E-state index in [0.717, 1.165) is 73.6 Å². The summed E-state index contributed by atoms with van der Waals surface area (Å²) in [6, 6.07) is 14.2. The molecule has 2 saturated carbocycles. The minimum absolute atomic E-state index is 0.0447. The molecule has 0 spiro atoms. The maximum absolute atomic E-state index is 13.9. The summed E-state index contributed by atoms with van der Waals surface area (Å²) in [5.74, 6) is -0.0180. The summed E-state index contributed by atoms with van der Waals surface area (Å²) in [5, 5.41) is 27.5. The largest absolute Gasteiger partial charge is 0.350 e. The molecule has 3 aliphatic rings. The van der Waals surface area contributed by atoms with E-state index < -0.39 is 24.2 Å². The van der Waals surface area contributed by atoms with E-state index in [-0.39, 0.29) is 71.5 Å². The fraction of sp³-hybridized carbons (Fsp3) is 0.667. The maximum Gasteiger partial charge on any atom is 0.237 e. The standard InChI is InChI=1S/C48H76N8O4/c1-29(2)41-45(57)53-37-19-9-10-20-38(37)54-46(58)42(30(3)4)51-27-35-17-14-18-36(24-35)28-52-44(32(7)8)48(60)56-40-22-12-11-21-39(40)55-47(59)43(31(5)6)50-26-34-16-13-15-33(23-34)25-49-41/h13-18,23-24,29-32,37-44,49-52H,9-12,19-22,25-28H2,1-8H3,(H,53,57)(H,54,58)(H,55,59)(H,56,60)/t37-,38-,39-,40-,41?,42?,43?,44?/m1/s1. The molecule has 1 aliphatic heterocycles. The van der Waals surface area contributed by atoms with Crippen molar-refractivity contribution < 1.29 is 19.2 Å². The Bertz CT molecular complexity index is 1480. The van der Waals surface area contributed by atoms with Crippen LogP contribution in [0.2, 0.25) is 0 Å². The summed E-state index contributed by atoms with van der Waals surface area (Å²) < 4.78 is 0. The Morgan fingerprint density at radius 1 is 0.383 bits per heavy atom. The Morgan fingerprint density at radius 2 is 0.600 bits per heavy atom. The number of carbonyl (C=O) groups excluding carboxylic acids is 4. The van der Waals surface area contributed by atoms with Gasteiger partial charge in [0.15, 0.2) is 0 Å². The average molecular weight is 829 g/mol. The number of nitrogens with one attached hydrogen (secondary N) is 8. The summed E-state index contributed by atoms with van der Waals surface area (Å²) >= 11 is 0. The van der Waals surface area contributed by atoms with Crippen LogP contribution in [0.5, 0.6) is 0 Å². The van der Waals surface area contributed by atoms with Gasteiger partial charge in [-0.3, -0.25) is 19.2 Å². The van der Waals surface area contributed by atoms with Crippen molar-refractivity contribution in [3.8, 4) is 0 Å². The normalized spacial score (nSPS) is 28.9. The van der Waals surface area contributed by atoms with Gasteiger partial charge in [-0.05, 0) is 71.6 Å². The summed E-state index contributed by atoms with van der Waals surface area (Å²) in [7, 11) is 0. The maximum atomic E-state index is 13.9. The number of fused-ring (bicyclic) bond motifs is 6. The molecule has 4 amide bonds. The lowest BCUT2D eigenvalue weighted by atomic mass is 9.89. The number of rotatable bonds is 4. The third kappa shape index (κ3) is 13.6. The highest BCUT2D eigenvalue weighted by molar-refractivity contribution is 5.85. The number of benzene rings is 2. The lowest BCUT2D eigenvalue weighted by Gasteiger charge is -2.36. The predicted molar refractivity (Wildman–Crippen MR) is 239 cm³/mol. The molecular weight excluding hydrogens is 753 g/mol. The molecule has 0 radical (unpaired) electrons. The van der Waals surface area contributed by atoms with Crippen molar-refractivity contribution in [1.29, 1.82) is 0 Å². The Morgan fingerprint density at radius 3 is 0.800 bits per heavy atom. The molecule has 8 atom stereocenters. The topological polar surface area (TPSA) is 165 Å². The van der Waals surface area contributed by atoms with Crippen LogP contribution in [0.15, 0.2) is 48.5 Å². The summed E-state index contributed by atoms with van der Waals surface area (Å²) in [4.78, 5) is 55.7. The van der Waals surface area contributed by atoms with Crippen LogP contribution >= 0.6 is 0 Å². The van der Waals surface area contributed by atoms with Gasteiger partial charge in [0, 0.05) is 50.3 Å². The van der Waals surface area contributed by atoms with Crippen molar-refractivity contribution in [3.05, 3.63) is 70.8 Å². The Hall–Kier alpha value is -3.84. The van der Waals surface area contributed by atoms with E-state index in [1.54, 1.807) is 0 Å². The van der Waals surface area contributed by atoms with Crippen molar-refractivity contribution in [3.63, 3.8) is 0 Å². The molecule has 0 aromatic heterocycles. The van der Waals surface area contributed by atoms with Gasteiger partial charge in [-0.25, -0.2) is 0 Å². The lowest BCUT2D eigenvalue weighted by molar-refractivity contribution is -0.128. The van der Waals surface area contributed by atoms with E-state index >= 15 is 0 Å². The van der Waals surface area contributed by atoms with E-state index in [4.69, 9.17) is 0 Å². The van der Waals surface area contributed by atoms with E-state index in [9.17, 15) is 19.2 Å². The van der Waals surface area contributed by atoms with Gasteiger partial charge in [-0.1, -0.05) is 130 Å². The molecule has 4 bridgehead atoms. The number of hydrogen-bond acceptors (Lipinski definition) is 8. The first kappa shape index (κ1) is 47.2. The Balaban J connectivity index is 1.39. The first-order chi connectivity index (χ1) is 28.7. The predicted octanol–water partition coefficient (Wildman–Crippen LogP) is 4.94. The molecule has 60 heavy (non-hydrogen) atoms. The van der Waals surface area contributed by atoms with Crippen molar-refractivity contribution >= 4 is 23.6 Å². The molecule has 0 saturated heterocycles. The van der Waals surface area contributed by atoms with E-state index in [1.807, 2.05) is 12.1 Å². The molecule has 5 rings (SSSR count). The minimum atomic E-state index is -0.417. The zero-order valence-electron chi connectivity index (χ0n) is 37.7. The van der Waals surface area contributed by atoms with Crippen LogP contribution in [0.4, 0.5) is 0 Å². The van der Waals surface area contributed by atoms with Crippen molar-refractivity contribution in [2.24, 2.45) is 23.7 Å². The van der Waals surface area contributed by atoms with Crippen LogP contribution in [-0.4, -0.2) is 72.0 Å². The molecule has 2 aromatic rings. The minimum Gasteiger partial charge on any atom is -0.350 e.